The van der Waals surface area contributed by atoms with E-state index in [4.69, 9.17) is 5.26 Å². The van der Waals surface area contributed by atoms with Crippen molar-refractivity contribution >= 4 is 18.4 Å². The molecule has 0 aromatic rings. The lowest BCUT2D eigenvalue weighted by Crippen LogP contribution is -2.18. The lowest BCUT2D eigenvalue weighted by atomic mass is 10.7. The van der Waals surface area contributed by atoms with Crippen LogP contribution in [0.15, 0.2) is 0 Å². The van der Waals surface area contributed by atoms with Crippen LogP contribution in [0.4, 0.5) is 0 Å². The number of esters is 1. The lowest BCUT2D eigenvalue weighted by molar-refractivity contribution is -0.238. The molecule has 0 aromatic heterocycles. The van der Waals surface area contributed by atoms with Crippen LogP contribution in [-0.4, -0.2) is 36.9 Å². The zero-order valence-electron chi connectivity index (χ0n) is 5.89. The van der Waals surface area contributed by atoms with Crippen LogP contribution in [0.25, 0.3) is 0 Å². The number of ether oxygens (including phenoxy) is 2. The van der Waals surface area contributed by atoms with Crippen molar-refractivity contribution in [2.45, 2.75) is 0 Å². The average molecular weight is 178 g/mol. The van der Waals surface area contributed by atoms with E-state index in [0.717, 1.165) is 0 Å². The Kier molecular flexibility index (Phi) is 5.28. The van der Waals surface area contributed by atoms with Crippen molar-refractivity contribution in [2.24, 2.45) is 0 Å². The molecular formula is C5H6O7. The Balaban J connectivity index is 3.43. The first-order chi connectivity index (χ1) is 5.70. The predicted octanol–water partition coefficient (Wildman–Crippen LogP) is -1.28. The van der Waals surface area contributed by atoms with Crippen LogP contribution in [-0.2, 0) is 28.7 Å². The first-order valence-electron chi connectivity index (χ1n) is 2.75. The van der Waals surface area contributed by atoms with Crippen LogP contribution in [0, 0.1) is 0 Å². The summed E-state index contributed by atoms with van der Waals surface area (Å²) in [6.45, 7) is -1.24. The molecule has 0 saturated carbocycles. The number of hydrogen-bond acceptors (Lipinski definition) is 7. The fourth-order valence-electron chi connectivity index (χ4n) is 0.310. The van der Waals surface area contributed by atoms with E-state index in [-0.39, 0.29) is 6.47 Å². The summed E-state index contributed by atoms with van der Waals surface area (Å²) < 4.78 is 8.13. The third kappa shape index (κ3) is 5.18. The molecule has 0 unspecified atom stereocenters. The Bertz CT molecular complexity index is 175. The van der Waals surface area contributed by atoms with E-state index in [1.807, 2.05) is 0 Å². The predicted molar refractivity (Wildman–Crippen MR) is 31.7 cm³/mol. The maximum Gasteiger partial charge on any atom is 0.379 e. The first-order valence-corrected chi connectivity index (χ1v) is 2.75. The van der Waals surface area contributed by atoms with E-state index in [1.54, 1.807) is 0 Å². The topological polar surface area (TPSA) is 99.1 Å². The first kappa shape index (κ1) is 10.4. The summed E-state index contributed by atoms with van der Waals surface area (Å²) in [6, 6.07) is 0. The maximum absolute atomic E-state index is 10.4. The van der Waals surface area contributed by atoms with Crippen LogP contribution in [0.1, 0.15) is 0 Å². The fourth-order valence-corrected chi connectivity index (χ4v) is 0.310. The lowest BCUT2D eigenvalue weighted by Gasteiger charge is -1.99. The molecular weight excluding hydrogens is 172 g/mol. The maximum atomic E-state index is 10.4. The normalized spacial score (nSPS) is 8.42. The van der Waals surface area contributed by atoms with E-state index >= 15 is 0 Å². The van der Waals surface area contributed by atoms with E-state index in [1.165, 1.54) is 0 Å². The van der Waals surface area contributed by atoms with Crippen molar-refractivity contribution in [2.75, 3.05) is 13.2 Å². The van der Waals surface area contributed by atoms with Gasteiger partial charge in [0, 0.05) is 0 Å². The molecule has 0 fully saturated rings. The van der Waals surface area contributed by atoms with Gasteiger partial charge in [-0.15, -0.1) is 0 Å². The highest BCUT2D eigenvalue weighted by molar-refractivity contribution is 5.77. The Morgan fingerprint density at radius 2 is 1.92 bits per heavy atom. The summed E-state index contributed by atoms with van der Waals surface area (Å²) in [4.78, 5) is 33.3. The molecule has 0 aliphatic heterocycles. The molecule has 68 valence electrons. The van der Waals surface area contributed by atoms with Gasteiger partial charge < -0.3 is 9.47 Å². The Morgan fingerprint density at radius 1 is 1.25 bits per heavy atom. The minimum atomic E-state index is -1.12. The van der Waals surface area contributed by atoms with Gasteiger partial charge in [0.05, 0.1) is 0 Å². The fraction of sp³-hybridized carbons (Fsp3) is 0.400. The average Bonchev–Trinajstić information content (AvgIpc) is 2.10. The highest BCUT2D eigenvalue weighted by Crippen LogP contribution is 1.81. The van der Waals surface area contributed by atoms with Gasteiger partial charge >= 0.3 is 11.9 Å². The van der Waals surface area contributed by atoms with Gasteiger partial charge in [-0.3, -0.25) is 9.68 Å². The summed E-state index contributed by atoms with van der Waals surface area (Å²) >= 11 is 0. The largest absolute Gasteiger partial charge is 0.456 e. The molecule has 12 heavy (non-hydrogen) atoms. The van der Waals surface area contributed by atoms with Crippen molar-refractivity contribution in [3.63, 3.8) is 0 Å². The van der Waals surface area contributed by atoms with Gasteiger partial charge in [-0.25, -0.2) is 9.59 Å². The quantitative estimate of drug-likeness (QED) is 0.184. The molecule has 0 aromatic carbocycles. The monoisotopic (exact) mass is 178 g/mol. The highest BCUT2D eigenvalue weighted by atomic mass is 17.1. The van der Waals surface area contributed by atoms with Crippen LogP contribution >= 0.6 is 0 Å². The number of carbonyl (C=O) groups is 3. The summed E-state index contributed by atoms with van der Waals surface area (Å²) in [5, 5.41) is 7.70. The second kappa shape index (κ2) is 6.10. The van der Waals surface area contributed by atoms with Gasteiger partial charge in [0.25, 0.3) is 6.47 Å². The SMILES string of the molecule is O=COCC(=O)OCC(=O)OO. The molecule has 0 atom stereocenters. The van der Waals surface area contributed by atoms with E-state index in [2.05, 4.69) is 14.4 Å². The molecule has 0 radical (unpaired) electrons. The zero-order chi connectivity index (χ0) is 9.40. The van der Waals surface area contributed by atoms with Crippen molar-refractivity contribution < 1.29 is 34.0 Å². The molecule has 0 heterocycles. The van der Waals surface area contributed by atoms with Gasteiger partial charge in [-0.05, 0) is 0 Å². The van der Waals surface area contributed by atoms with E-state index < -0.39 is 25.2 Å². The van der Waals surface area contributed by atoms with Crippen molar-refractivity contribution in [3.8, 4) is 0 Å². The molecule has 0 saturated heterocycles. The standard InChI is InChI=1S/C5H6O7/c6-3-10-1-4(7)11-2-5(8)12-9/h3,9H,1-2H2. The third-order valence-corrected chi connectivity index (χ3v) is 0.722. The second-order valence-electron chi connectivity index (χ2n) is 1.53. The molecule has 7 nitrogen and oxygen atoms in total. The van der Waals surface area contributed by atoms with Gasteiger partial charge in [0.2, 0.25) is 0 Å². The van der Waals surface area contributed by atoms with Gasteiger partial charge in [0.15, 0.2) is 13.2 Å². The second-order valence-corrected chi connectivity index (χ2v) is 1.53. The minimum absolute atomic E-state index is 0.0611. The van der Waals surface area contributed by atoms with Crippen LogP contribution in [0.2, 0.25) is 0 Å². The van der Waals surface area contributed by atoms with Crippen LogP contribution < -0.4 is 0 Å². The minimum Gasteiger partial charge on any atom is -0.456 e. The Hall–Kier alpha value is -1.63. The van der Waals surface area contributed by atoms with Crippen molar-refractivity contribution in [1.29, 1.82) is 0 Å². The van der Waals surface area contributed by atoms with Crippen LogP contribution in [0.5, 0.6) is 0 Å². The molecule has 0 rings (SSSR count). The molecule has 0 aliphatic carbocycles. The van der Waals surface area contributed by atoms with E-state index in [0.29, 0.717) is 0 Å². The Labute approximate surface area is 66.7 Å². The van der Waals surface area contributed by atoms with Crippen molar-refractivity contribution in [3.05, 3.63) is 0 Å². The number of hydrogen-bond donors (Lipinski definition) is 1. The van der Waals surface area contributed by atoms with Crippen LogP contribution in [0.3, 0.4) is 0 Å². The molecule has 0 amide bonds. The molecule has 0 aliphatic rings. The summed E-state index contributed by atoms with van der Waals surface area (Å²) in [5.74, 6) is -2.03. The molecule has 0 spiro atoms. The summed E-state index contributed by atoms with van der Waals surface area (Å²) in [6.07, 6.45) is 0. The van der Waals surface area contributed by atoms with Gasteiger partial charge in [-0.2, -0.15) is 5.26 Å². The summed E-state index contributed by atoms with van der Waals surface area (Å²) in [5.41, 5.74) is 0. The third-order valence-electron chi connectivity index (χ3n) is 0.722. The van der Waals surface area contributed by atoms with Gasteiger partial charge in [-0.1, -0.05) is 0 Å². The Morgan fingerprint density at radius 3 is 2.42 bits per heavy atom. The summed E-state index contributed by atoms with van der Waals surface area (Å²) in [7, 11) is 0. The number of rotatable bonds is 5. The van der Waals surface area contributed by atoms with Gasteiger partial charge in [0.1, 0.15) is 0 Å². The van der Waals surface area contributed by atoms with E-state index in [9.17, 15) is 14.4 Å². The van der Waals surface area contributed by atoms with Crippen molar-refractivity contribution in [1.82, 2.24) is 0 Å². The number of carbonyl (C=O) groups excluding carboxylic acids is 3. The highest BCUT2D eigenvalue weighted by Gasteiger charge is 2.07. The smallest absolute Gasteiger partial charge is 0.379 e. The molecule has 0 bridgehead atoms. The molecule has 7 heteroatoms. The molecule has 1 N–H and O–H groups in total. The zero-order valence-corrected chi connectivity index (χ0v) is 5.89.